The average Bonchev–Trinajstić information content (AvgIpc) is 3.18. The molecular weight excluding hydrogens is 292 g/mol. The summed E-state index contributed by atoms with van der Waals surface area (Å²) in [5.74, 6) is 1.25. The number of aromatic nitrogens is 2. The summed E-state index contributed by atoms with van der Waals surface area (Å²) in [6.07, 6.45) is 2.19. The highest BCUT2D eigenvalue weighted by Crippen LogP contribution is 2.41. The first-order valence-corrected chi connectivity index (χ1v) is 7.79. The number of aliphatic imine (C=N–C) groups is 1. The van der Waals surface area contributed by atoms with E-state index in [0.29, 0.717) is 36.7 Å². The third kappa shape index (κ3) is 1.81. The van der Waals surface area contributed by atoms with Crippen LogP contribution in [0.25, 0.3) is 0 Å². The molecule has 23 heavy (non-hydrogen) atoms. The second-order valence-electron chi connectivity index (χ2n) is 5.73. The molecule has 4 rings (SSSR count). The van der Waals surface area contributed by atoms with Crippen molar-refractivity contribution in [3.63, 3.8) is 0 Å². The fourth-order valence-electron chi connectivity index (χ4n) is 3.42. The van der Waals surface area contributed by atoms with E-state index in [2.05, 4.69) is 10.00 Å². The third-order valence-corrected chi connectivity index (χ3v) is 4.66. The number of Topliss-reactive ketones (excluding diaryl/α,β-unsaturated/α-hetero) is 1. The van der Waals surface area contributed by atoms with Gasteiger partial charge in [-0.2, -0.15) is 5.10 Å². The number of amidine groups is 1. The zero-order chi connectivity index (χ0) is 16.0. The van der Waals surface area contributed by atoms with Crippen molar-refractivity contribution in [1.29, 1.82) is 0 Å². The van der Waals surface area contributed by atoms with Crippen LogP contribution < -0.4 is 4.90 Å². The highest BCUT2D eigenvalue weighted by molar-refractivity contribution is 6.28. The molecule has 0 radical (unpaired) electrons. The van der Waals surface area contributed by atoms with Gasteiger partial charge in [-0.3, -0.25) is 4.79 Å². The summed E-state index contributed by atoms with van der Waals surface area (Å²) < 4.78 is 7.46. The van der Waals surface area contributed by atoms with Crippen LogP contribution in [0.5, 0.6) is 0 Å². The van der Waals surface area contributed by atoms with Gasteiger partial charge in [0.25, 0.3) is 0 Å². The maximum absolute atomic E-state index is 13.1. The molecule has 2 aliphatic heterocycles. The molecule has 6 nitrogen and oxygen atoms in total. The number of rotatable bonds is 3. The minimum absolute atomic E-state index is 0.0434. The molecule has 0 unspecified atom stereocenters. The standard InChI is InChI=1S/C17H18N4O2/c1-3-21-15-13(11-18-21)14(22)17(23-2)9-10-20(16(17)19-15)12-7-5-4-6-8-12/h4-8,11H,3,9-10H2,1-2H3/t17-/m1/s1. The van der Waals surface area contributed by atoms with Crippen molar-refractivity contribution < 1.29 is 9.53 Å². The number of carbonyl (C=O) groups is 1. The Bertz CT molecular complexity index is 796. The second kappa shape index (κ2) is 5.03. The summed E-state index contributed by atoms with van der Waals surface area (Å²) >= 11 is 0. The van der Waals surface area contributed by atoms with Crippen LogP contribution in [0.2, 0.25) is 0 Å². The van der Waals surface area contributed by atoms with Gasteiger partial charge in [-0.15, -0.1) is 0 Å². The maximum Gasteiger partial charge on any atom is 0.207 e. The van der Waals surface area contributed by atoms with E-state index in [1.54, 1.807) is 18.0 Å². The molecule has 0 bridgehead atoms. The Balaban J connectivity index is 1.90. The molecule has 0 N–H and O–H groups in total. The van der Waals surface area contributed by atoms with Crippen molar-refractivity contribution >= 4 is 23.1 Å². The molecule has 1 saturated heterocycles. The molecule has 2 aromatic rings. The summed E-state index contributed by atoms with van der Waals surface area (Å²) in [7, 11) is 1.58. The van der Waals surface area contributed by atoms with Crippen LogP contribution in [0.4, 0.5) is 11.5 Å². The highest BCUT2D eigenvalue weighted by atomic mass is 16.5. The average molecular weight is 310 g/mol. The first-order valence-electron chi connectivity index (χ1n) is 7.79. The summed E-state index contributed by atoms with van der Waals surface area (Å²) in [5.41, 5.74) is 0.570. The van der Waals surface area contributed by atoms with Gasteiger partial charge in [0.1, 0.15) is 0 Å². The summed E-state index contributed by atoms with van der Waals surface area (Å²) in [6, 6.07) is 9.97. The first kappa shape index (κ1) is 14.1. The second-order valence-corrected chi connectivity index (χ2v) is 5.73. The van der Waals surface area contributed by atoms with E-state index in [1.807, 2.05) is 37.3 Å². The molecular formula is C17H18N4O2. The number of hydrogen-bond acceptors (Lipinski definition) is 5. The zero-order valence-corrected chi connectivity index (χ0v) is 13.2. The number of anilines is 1. The number of ether oxygens (including phenoxy) is 1. The van der Waals surface area contributed by atoms with Gasteiger partial charge >= 0.3 is 0 Å². The minimum atomic E-state index is -0.996. The van der Waals surface area contributed by atoms with Gasteiger partial charge in [-0.05, 0) is 19.1 Å². The lowest BCUT2D eigenvalue weighted by Gasteiger charge is -2.31. The molecule has 1 aromatic heterocycles. The molecule has 0 spiro atoms. The van der Waals surface area contributed by atoms with E-state index in [0.717, 1.165) is 5.69 Å². The monoisotopic (exact) mass is 310 g/mol. The van der Waals surface area contributed by atoms with Gasteiger partial charge in [-0.1, -0.05) is 18.2 Å². The Morgan fingerprint density at radius 1 is 1.30 bits per heavy atom. The van der Waals surface area contributed by atoms with E-state index in [4.69, 9.17) is 9.73 Å². The Hall–Kier alpha value is -2.47. The minimum Gasteiger partial charge on any atom is -0.362 e. The molecule has 0 aliphatic carbocycles. The number of carbonyl (C=O) groups excluding carboxylic acids is 1. The normalized spacial score (nSPS) is 22.8. The molecule has 6 heteroatoms. The van der Waals surface area contributed by atoms with Gasteiger partial charge in [0.2, 0.25) is 5.78 Å². The molecule has 118 valence electrons. The fourth-order valence-corrected chi connectivity index (χ4v) is 3.42. The maximum atomic E-state index is 13.1. The van der Waals surface area contributed by atoms with Crippen LogP contribution in [0.1, 0.15) is 23.7 Å². The number of fused-ring (bicyclic) bond motifs is 2. The van der Waals surface area contributed by atoms with Crippen LogP contribution in [-0.4, -0.2) is 40.7 Å². The third-order valence-electron chi connectivity index (χ3n) is 4.66. The number of benzene rings is 1. The number of nitrogens with zero attached hydrogens (tertiary/aromatic N) is 4. The number of para-hydroxylation sites is 1. The molecule has 0 amide bonds. The Morgan fingerprint density at radius 3 is 2.78 bits per heavy atom. The summed E-state index contributed by atoms with van der Waals surface area (Å²) in [4.78, 5) is 19.9. The van der Waals surface area contributed by atoms with Gasteiger partial charge in [0, 0.05) is 32.3 Å². The molecule has 1 atom stereocenters. The van der Waals surface area contributed by atoms with Crippen molar-refractivity contribution in [3.8, 4) is 0 Å². The van der Waals surface area contributed by atoms with Crippen molar-refractivity contribution in [2.75, 3.05) is 18.6 Å². The van der Waals surface area contributed by atoms with Crippen LogP contribution in [0, 0.1) is 0 Å². The topological polar surface area (TPSA) is 59.7 Å². The van der Waals surface area contributed by atoms with Crippen LogP contribution in [-0.2, 0) is 11.3 Å². The number of ketones is 1. The van der Waals surface area contributed by atoms with Gasteiger partial charge in [0.05, 0.1) is 11.8 Å². The summed E-state index contributed by atoms with van der Waals surface area (Å²) in [6.45, 7) is 3.36. The number of aryl methyl sites for hydroxylation is 1. The van der Waals surface area contributed by atoms with Gasteiger partial charge < -0.3 is 9.64 Å². The van der Waals surface area contributed by atoms with Crippen LogP contribution in [0.3, 0.4) is 0 Å². The van der Waals surface area contributed by atoms with Crippen molar-refractivity contribution in [1.82, 2.24) is 9.78 Å². The van der Waals surface area contributed by atoms with Crippen molar-refractivity contribution in [2.24, 2.45) is 4.99 Å². The molecule has 3 heterocycles. The predicted molar refractivity (Wildman–Crippen MR) is 87.5 cm³/mol. The lowest BCUT2D eigenvalue weighted by molar-refractivity contribution is 0.0388. The zero-order valence-electron chi connectivity index (χ0n) is 13.2. The lowest BCUT2D eigenvalue weighted by atomic mass is 9.89. The van der Waals surface area contributed by atoms with Gasteiger partial charge in [0.15, 0.2) is 17.3 Å². The molecule has 2 aliphatic rings. The van der Waals surface area contributed by atoms with E-state index >= 15 is 0 Å². The quantitative estimate of drug-likeness (QED) is 0.873. The fraction of sp³-hybridized carbons (Fsp3) is 0.353. The number of methoxy groups -OCH3 is 1. The van der Waals surface area contributed by atoms with Crippen molar-refractivity contribution in [3.05, 3.63) is 42.1 Å². The van der Waals surface area contributed by atoms with Crippen LogP contribution >= 0.6 is 0 Å². The molecule has 1 fully saturated rings. The molecule has 0 saturated carbocycles. The number of hydrogen-bond donors (Lipinski definition) is 0. The van der Waals surface area contributed by atoms with E-state index in [9.17, 15) is 4.79 Å². The smallest absolute Gasteiger partial charge is 0.207 e. The predicted octanol–water partition coefficient (Wildman–Crippen LogP) is 2.42. The Morgan fingerprint density at radius 2 is 2.09 bits per heavy atom. The molecule has 1 aromatic carbocycles. The highest BCUT2D eigenvalue weighted by Gasteiger charge is 2.55. The Kier molecular flexibility index (Phi) is 3.09. The van der Waals surface area contributed by atoms with E-state index in [1.165, 1.54) is 0 Å². The first-order chi connectivity index (χ1) is 11.2. The Labute approximate surface area is 134 Å². The lowest BCUT2D eigenvalue weighted by Crippen LogP contribution is -2.50. The van der Waals surface area contributed by atoms with Crippen LogP contribution in [0.15, 0.2) is 41.5 Å². The van der Waals surface area contributed by atoms with Crippen molar-refractivity contribution in [2.45, 2.75) is 25.5 Å². The summed E-state index contributed by atoms with van der Waals surface area (Å²) in [5, 5.41) is 4.27. The van der Waals surface area contributed by atoms with Gasteiger partial charge in [-0.25, -0.2) is 9.67 Å². The van der Waals surface area contributed by atoms with E-state index < -0.39 is 5.60 Å². The largest absolute Gasteiger partial charge is 0.362 e. The SMILES string of the molecule is CCn1ncc2c1N=C1N(c3ccccc3)CC[C@@]1(OC)C2=O. The van der Waals surface area contributed by atoms with E-state index in [-0.39, 0.29) is 5.78 Å².